The molecule has 1 heterocycles. The van der Waals surface area contributed by atoms with Crippen molar-refractivity contribution in [2.45, 2.75) is 51.4 Å². The molecule has 2 atom stereocenters. The summed E-state index contributed by atoms with van der Waals surface area (Å²) in [5, 5.41) is 9.20. The van der Waals surface area contributed by atoms with E-state index in [0.717, 1.165) is 5.56 Å². The lowest BCUT2D eigenvalue weighted by Gasteiger charge is -2.40. The van der Waals surface area contributed by atoms with Crippen molar-refractivity contribution < 1.29 is 23.4 Å². The molecule has 0 fully saturated rings. The van der Waals surface area contributed by atoms with E-state index in [2.05, 4.69) is 39.9 Å². The van der Waals surface area contributed by atoms with E-state index < -0.39 is 26.3 Å². The van der Waals surface area contributed by atoms with Crippen LogP contribution in [0.25, 0.3) is 0 Å². The molecule has 0 saturated carbocycles. The van der Waals surface area contributed by atoms with Gasteiger partial charge in [-0.2, -0.15) is 5.26 Å². The number of methoxy groups -OCH3 is 1. The normalized spacial score (nSPS) is 15.9. The number of carbonyl (C=O) groups is 1. The SMILES string of the molecule is COC(=O)[C@@H](CC#N)[C@@H](O[Si](C)(C)C(C)(C)C)c1ccc2c(c1)OCO2. The summed E-state index contributed by atoms with van der Waals surface area (Å²) >= 11 is 0. The number of hydrogen-bond donors (Lipinski definition) is 0. The van der Waals surface area contributed by atoms with Gasteiger partial charge in [-0.05, 0) is 35.8 Å². The van der Waals surface area contributed by atoms with Crippen LogP contribution in [0.1, 0.15) is 38.9 Å². The van der Waals surface area contributed by atoms with E-state index >= 15 is 0 Å². The monoisotopic (exact) mass is 377 g/mol. The van der Waals surface area contributed by atoms with Gasteiger partial charge in [0.15, 0.2) is 19.8 Å². The molecule has 0 bridgehead atoms. The topological polar surface area (TPSA) is 77.8 Å². The first-order valence-electron chi connectivity index (χ1n) is 8.63. The molecule has 0 aliphatic carbocycles. The molecule has 6 nitrogen and oxygen atoms in total. The Bertz CT molecular complexity index is 705. The predicted octanol–water partition coefficient (Wildman–Crippen LogP) is 4.18. The minimum Gasteiger partial charge on any atom is -0.469 e. The second-order valence-electron chi connectivity index (χ2n) is 7.90. The second-order valence-corrected chi connectivity index (χ2v) is 12.7. The molecule has 1 aromatic carbocycles. The summed E-state index contributed by atoms with van der Waals surface area (Å²) in [6.45, 7) is 10.8. The van der Waals surface area contributed by atoms with Gasteiger partial charge in [-0.3, -0.25) is 4.79 Å². The predicted molar refractivity (Wildman–Crippen MR) is 99.3 cm³/mol. The zero-order chi connectivity index (χ0) is 19.5. The van der Waals surface area contributed by atoms with Crippen LogP contribution in [0.15, 0.2) is 18.2 Å². The molecule has 1 aliphatic rings. The number of hydrogen-bond acceptors (Lipinski definition) is 6. The average Bonchev–Trinajstić information content (AvgIpc) is 3.03. The molecule has 0 aromatic heterocycles. The van der Waals surface area contributed by atoms with Gasteiger partial charge in [-0.15, -0.1) is 0 Å². The third kappa shape index (κ3) is 4.19. The highest BCUT2D eigenvalue weighted by molar-refractivity contribution is 6.74. The minimum absolute atomic E-state index is 0.0143. The molecule has 0 N–H and O–H groups in total. The van der Waals surface area contributed by atoms with Crippen LogP contribution in [-0.2, 0) is 14.0 Å². The van der Waals surface area contributed by atoms with E-state index in [-0.39, 0.29) is 18.3 Å². The molecule has 0 spiro atoms. The molecule has 0 amide bonds. The number of esters is 1. The maximum atomic E-state index is 12.4. The average molecular weight is 378 g/mol. The van der Waals surface area contributed by atoms with Crippen LogP contribution in [0.4, 0.5) is 0 Å². The fraction of sp³-hybridized carbons (Fsp3) is 0.579. The Morgan fingerprint density at radius 1 is 1.31 bits per heavy atom. The van der Waals surface area contributed by atoms with Crippen molar-refractivity contribution in [1.82, 2.24) is 0 Å². The molecule has 7 heteroatoms. The van der Waals surface area contributed by atoms with Crippen LogP contribution in [0.5, 0.6) is 11.5 Å². The molecule has 0 unspecified atom stereocenters. The largest absolute Gasteiger partial charge is 0.469 e. The van der Waals surface area contributed by atoms with E-state index in [4.69, 9.17) is 18.6 Å². The van der Waals surface area contributed by atoms with E-state index in [1.165, 1.54) is 7.11 Å². The first-order chi connectivity index (χ1) is 12.1. The van der Waals surface area contributed by atoms with E-state index in [9.17, 15) is 10.1 Å². The van der Waals surface area contributed by atoms with Crippen molar-refractivity contribution in [3.63, 3.8) is 0 Å². The Balaban J connectivity index is 2.47. The highest BCUT2D eigenvalue weighted by Crippen LogP contribution is 2.44. The molecule has 142 valence electrons. The lowest BCUT2D eigenvalue weighted by molar-refractivity contribution is -0.149. The lowest BCUT2D eigenvalue weighted by Crippen LogP contribution is -2.44. The van der Waals surface area contributed by atoms with Crippen molar-refractivity contribution in [3.8, 4) is 17.6 Å². The number of ether oxygens (including phenoxy) is 3. The fourth-order valence-corrected chi connectivity index (χ4v) is 3.82. The molecular weight excluding hydrogens is 350 g/mol. The summed E-state index contributed by atoms with van der Waals surface area (Å²) in [7, 11) is -0.887. The van der Waals surface area contributed by atoms with Crippen LogP contribution in [0.3, 0.4) is 0 Å². The van der Waals surface area contributed by atoms with Crippen molar-refractivity contribution >= 4 is 14.3 Å². The summed E-state index contributed by atoms with van der Waals surface area (Å²) in [5.41, 5.74) is 0.782. The number of fused-ring (bicyclic) bond motifs is 1. The molecule has 0 radical (unpaired) electrons. The van der Waals surface area contributed by atoms with Gasteiger partial charge >= 0.3 is 5.97 Å². The fourth-order valence-electron chi connectivity index (χ4n) is 2.53. The maximum absolute atomic E-state index is 12.4. The standard InChI is InChI=1S/C19H27NO5Si/c1-19(2,3)26(5,6)25-17(14(9-10-20)18(21)22-4)13-7-8-15-16(11-13)24-12-23-15/h7-8,11,14,17H,9,12H2,1-6H3/t14-,17-/m0/s1. The van der Waals surface area contributed by atoms with Crippen molar-refractivity contribution in [3.05, 3.63) is 23.8 Å². The zero-order valence-corrected chi connectivity index (χ0v) is 17.3. The van der Waals surface area contributed by atoms with Crippen LogP contribution < -0.4 is 9.47 Å². The number of benzene rings is 1. The van der Waals surface area contributed by atoms with Gasteiger partial charge in [-0.1, -0.05) is 26.8 Å². The summed E-state index contributed by atoms with van der Waals surface area (Å²) in [5.74, 6) is 0.119. The van der Waals surface area contributed by atoms with Gasteiger partial charge in [0.2, 0.25) is 6.79 Å². The van der Waals surface area contributed by atoms with Crippen LogP contribution >= 0.6 is 0 Å². The molecule has 0 saturated heterocycles. The highest BCUT2D eigenvalue weighted by Gasteiger charge is 2.43. The Hall–Kier alpha value is -2.04. The van der Waals surface area contributed by atoms with Crippen LogP contribution in [0.2, 0.25) is 18.1 Å². The van der Waals surface area contributed by atoms with Crippen molar-refractivity contribution in [2.75, 3.05) is 13.9 Å². The van der Waals surface area contributed by atoms with E-state index in [1.807, 2.05) is 12.1 Å². The molecule has 2 rings (SSSR count). The summed E-state index contributed by atoms with van der Waals surface area (Å²) < 4.78 is 22.4. The summed E-state index contributed by atoms with van der Waals surface area (Å²) in [6.07, 6.45) is -0.571. The zero-order valence-electron chi connectivity index (χ0n) is 16.3. The van der Waals surface area contributed by atoms with E-state index in [1.54, 1.807) is 6.07 Å². The van der Waals surface area contributed by atoms with Gasteiger partial charge < -0.3 is 18.6 Å². The molecular formula is C19H27NO5Si. The Morgan fingerprint density at radius 3 is 2.54 bits per heavy atom. The second kappa shape index (κ2) is 7.68. The first kappa shape index (κ1) is 20.3. The Labute approximate surface area is 156 Å². The maximum Gasteiger partial charge on any atom is 0.312 e. The third-order valence-corrected chi connectivity index (χ3v) is 9.59. The minimum atomic E-state index is -2.22. The highest BCUT2D eigenvalue weighted by atomic mass is 28.4. The van der Waals surface area contributed by atoms with Crippen LogP contribution in [-0.4, -0.2) is 28.2 Å². The smallest absolute Gasteiger partial charge is 0.312 e. The molecule has 1 aliphatic heterocycles. The lowest BCUT2D eigenvalue weighted by atomic mass is 9.93. The third-order valence-electron chi connectivity index (χ3n) is 5.13. The summed E-state index contributed by atoms with van der Waals surface area (Å²) in [6, 6.07) is 7.58. The van der Waals surface area contributed by atoms with Crippen LogP contribution in [0, 0.1) is 17.2 Å². The van der Waals surface area contributed by atoms with Gasteiger partial charge in [0.1, 0.15) is 0 Å². The van der Waals surface area contributed by atoms with Gasteiger partial charge in [0, 0.05) is 0 Å². The van der Waals surface area contributed by atoms with Crippen molar-refractivity contribution in [2.24, 2.45) is 5.92 Å². The number of nitriles is 1. The Morgan fingerprint density at radius 2 is 1.96 bits per heavy atom. The summed E-state index contributed by atoms with van der Waals surface area (Å²) in [4.78, 5) is 12.4. The van der Waals surface area contributed by atoms with Gasteiger partial charge in [-0.25, -0.2) is 0 Å². The van der Waals surface area contributed by atoms with Gasteiger partial charge in [0.25, 0.3) is 0 Å². The number of carbonyl (C=O) groups excluding carboxylic acids is 1. The van der Waals surface area contributed by atoms with E-state index in [0.29, 0.717) is 11.5 Å². The van der Waals surface area contributed by atoms with Gasteiger partial charge in [0.05, 0.1) is 31.6 Å². The van der Waals surface area contributed by atoms with Crippen molar-refractivity contribution in [1.29, 1.82) is 5.26 Å². The number of rotatable bonds is 6. The quantitative estimate of drug-likeness (QED) is 0.547. The number of nitrogens with zero attached hydrogens (tertiary/aromatic N) is 1. The molecule has 1 aromatic rings. The first-order valence-corrected chi connectivity index (χ1v) is 11.5. The molecule has 26 heavy (non-hydrogen) atoms. The Kier molecular flexibility index (Phi) is 5.99.